The topological polar surface area (TPSA) is 64.4 Å². The van der Waals surface area contributed by atoms with Gasteiger partial charge in [-0.05, 0) is 33.1 Å². The molecule has 1 amide bonds. The lowest BCUT2D eigenvalue weighted by Crippen LogP contribution is -2.41. The number of fused-ring (bicyclic) bond motifs is 1. The molecule has 27 heavy (non-hydrogen) atoms. The van der Waals surface area contributed by atoms with Gasteiger partial charge in [-0.25, -0.2) is 4.98 Å². The summed E-state index contributed by atoms with van der Waals surface area (Å²) in [5, 5.41) is 0. The SMILES string of the molecule is COC(=O)CN(C(=O)c1nc(-c2ccccc2)n2c1CCCCC2)C(C)C. The van der Waals surface area contributed by atoms with E-state index < -0.39 is 5.97 Å². The lowest BCUT2D eigenvalue weighted by molar-refractivity contribution is -0.141. The first-order chi connectivity index (χ1) is 13.0. The van der Waals surface area contributed by atoms with Gasteiger partial charge in [-0.2, -0.15) is 0 Å². The molecular formula is C21H27N3O3. The number of imidazole rings is 1. The van der Waals surface area contributed by atoms with Crippen LogP contribution in [0.1, 0.15) is 49.3 Å². The Morgan fingerprint density at radius 3 is 2.59 bits per heavy atom. The summed E-state index contributed by atoms with van der Waals surface area (Å²) < 4.78 is 6.95. The van der Waals surface area contributed by atoms with E-state index in [2.05, 4.69) is 4.57 Å². The molecule has 0 saturated carbocycles. The van der Waals surface area contributed by atoms with Crippen LogP contribution < -0.4 is 0 Å². The molecule has 0 atom stereocenters. The summed E-state index contributed by atoms with van der Waals surface area (Å²) in [5.74, 6) is 0.200. The molecule has 0 bridgehead atoms. The molecule has 2 aromatic rings. The standard InChI is InChI=1S/C21H27N3O3/c1-15(2)24(14-18(25)27-3)21(26)19-17-12-8-5-9-13-23(17)20(22-19)16-10-6-4-7-11-16/h4,6-7,10-11,15H,5,8-9,12-14H2,1-3H3. The fraction of sp³-hybridized carbons (Fsp3) is 0.476. The largest absolute Gasteiger partial charge is 0.468 e. The van der Waals surface area contributed by atoms with Crippen molar-refractivity contribution in [3.05, 3.63) is 41.7 Å². The van der Waals surface area contributed by atoms with Gasteiger partial charge in [0.05, 0.1) is 12.8 Å². The second kappa shape index (κ2) is 8.37. The van der Waals surface area contributed by atoms with Crippen LogP contribution in [0.25, 0.3) is 11.4 Å². The van der Waals surface area contributed by atoms with Crippen molar-refractivity contribution in [2.24, 2.45) is 0 Å². The van der Waals surface area contributed by atoms with Crippen LogP contribution in [0.2, 0.25) is 0 Å². The molecule has 3 rings (SSSR count). The maximum absolute atomic E-state index is 13.3. The number of carbonyl (C=O) groups is 2. The number of esters is 1. The van der Waals surface area contributed by atoms with Gasteiger partial charge in [-0.1, -0.05) is 36.8 Å². The number of nitrogens with zero attached hydrogens (tertiary/aromatic N) is 3. The van der Waals surface area contributed by atoms with Crippen LogP contribution in [0, 0.1) is 0 Å². The second-order valence-electron chi connectivity index (χ2n) is 7.16. The van der Waals surface area contributed by atoms with Gasteiger partial charge in [0.1, 0.15) is 18.1 Å². The van der Waals surface area contributed by atoms with E-state index >= 15 is 0 Å². The summed E-state index contributed by atoms with van der Waals surface area (Å²) in [7, 11) is 1.33. The van der Waals surface area contributed by atoms with Gasteiger partial charge in [0.25, 0.3) is 5.91 Å². The average molecular weight is 369 g/mol. The Balaban J connectivity index is 2.05. The van der Waals surface area contributed by atoms with Crippen molar-refractivity contribution in [2.45, 2.75) is 52.1 Å². The Morgan fingerprint density at radius 1 is 1.19 bits per heavy atom. The lowest BCUT2D eigenvalue weighted by atomic mass is 10.1. The normalized spacial score (nSPS) is 13.8. The predicted molar refractivity (Wildman–Crippen MR) is 103 cm³/mol. The van der Waals surface area contributed by atoms with E-state index in [0.717, 1.165) is 49.3 Å². The highest BCUT2D eigenvalue weighted by Crippen LogP contribution is 2.28. The maximum atomic E-state index is 13.3. The van der Waals surface area contributed by atoms with Crippen LogP contribution in [0.4, 0.5) is 0 Å². The molecule has 0 aliphatic carbocycles. The van der Waals surface area contributed by atoms with Gasteiger partial charge < -0.3 is 14.2 Å². The summed E-state index contributed by atoms with van der Waals surface area (Å²) in [4.78, 5) is 31.4. The molecule has 6 nitrogen and oxygen atoms in total. The first-order valence-corrected chi connectivity index (χ1v) is 9.55. The van der Waals surface area contributed by atoms with Gasteiger partial charge in [0, 0.05) is 18.2 Å². The van der Waals surface area contributed by atoms with E-state index in [4.69, 9.17) is 9.72 Å². The number of hydrogen-bond donors (Lipinski definition) is 0. The van der Waals surface area contributed by atoms with Gasteiger partial charge in [0.15, 0.2) is 0 Å². The first-order valence-electron chi connectivity index (χ1n) is 9.55. The third kappa shape index (κ3) is 4.04. The van der Waals surface area contributed by atoms with Crippen LogP contribution in [0.3, 0.4) is 0 Å². The van der Waals surface area contributed by atoms with Gasteiger partial charge >= 0.3 is 5.97 Å². The molecule has 0 spiro atoms. The zero-order valence-corrected chi connectivity index (χ0v) is 16.3. The van der Waals surface area contributed by atoms with Crippen LogP contribution in [-0.4, -0.2) is 46.0 Å². The summed E-state index contributed by atoms with van der Waals surface area (Å²) >= 11 is 0. The Labute approximate surface area is 160 Å². The minimum absolute atomic E-state index is 0.0695. The highest BCUT2D eigenvalue weighted by Gasteiger charge is 2.29. The number of hydrogen-bond acceptors (Lipinski definition) is 4. The number of methoxy groups -OCH3 is 1. The third-order valence-electron chi connectivity index (χ3n) is 5.01. The summed E-state index contributed by atoms with van der Waals surface area (Å²) in [5.41, 5.74) is 2.45. The molecule has 1 aliphatic rings. The third-order valence-corrected chi connectivity index (χ3v) is 5.01. The second-order valence-corrected chi connectivity index (χ2v) is 7.16. The van der Waals surface area contributed by atoms with Crippen molar-refractivity contribution in [2.75, 3.05) is 13.7 Å². The molecule has 1 aliphatic heterocycles. The summed E-state index contributed by atoms with van der Waals surface area (Å²) in [6.07, 6.45) is 4.08. The molecule has 0 N–H and O–H groups in total. The monoisotopic (exact) mass is 369 g/mol. The predicted octanol–water partition coefficient (Wildman–Crippen LogP) is 3.30. The van der Waals surface area contributed by atoms with Crippen molar-refractivity contribution in [1.29, 1.82) is 0 Å². The number of rotatable bonds is 5. The molecule has 0 unspecified atom stereocenters. The quantitative estimate of drug-likeness (QED) is 0.759. The van der Waals surface area contributed by atoms with Crippen molar-refractivity contribution >= 4 is 11.9 Å². The molecule has 0 radical (unpaired) electrons. The zero-order valence-electron chi connectivity index (χ0n) is 16.3. The van der Waals surface area contributed by atoms with Crippen LogP contribution in [0.15, 0.2) is 30.3 Å². The van der Waals surface area contributed by atoms with E-state index in [1.165, 1.54) is 12.0 Å². The number of amides is 1. The molecule has 1 aromatic heterocycles. The Bertz CT molecular complexity index is 812. The van der Waals surface area contributed by atoms with E-state index in [0.29, 0.717) is 5.69 Å². The zero-order chi connectivity index (χ0) is 19.4. The summed E-state index contributed by atoms with van der Waals surface area (Å²) in [6.45, 7) is 4.58. The number of benzene rings is 1. The molecule has 2 heterocycles. The lowest BCUT2D eigenvalue weighted by Gasteiger charge is -2.25. The smallest absolute Gasteiger partial charge is 0.325 e. The highest BCUT2D eigenvalue weighted by atomic mass is 16.5. The minimum Gasteiger partial charge on any atom is -0.468 e. The number of carbonyl (C=O) groups excluding carboxylic acids is 2. The highest BCUT2D eigenvalue weighted by molar-refractivity contribution is 5.96. The molecule has 0 fully saturated rings. The van der Waals surface area contributed by atoms with Crippen molar-refractivity contribution in [3.63, 3.8) is 0 Å². The van der Waals surface area contributed by atoms with Crippen molar-refractivity contribution < 1.29 is 14.3 Å². The van der Waals surface area contributed by atoms with Crippen LogP contribution in [0.5, 0.6) is 0 Å². The average Bonchev–Trinajstić information content (AvgIpc) is 2.86. The fourth-order valence-corrected chi connectivity index (χ4v) is 3.53. The van der Waals surface area contributed by atoms with E-state index in [1.54, 1.807) is 0 Å². The minimum atomic E-state index is -0.425. The van der Waals surface area contributed by atoms with Crippen molar-refractivity contribution in [3.8, 4) is 11.4 Å². The summed E-state index contributed by atoms with van der Waals surface area (Å²) in [6, 6.07) is 9.84. The van der Waals surface area contributed by atoms with Crippen LogP contribution >= 0.6 is 0 Å². The Kier molecular flexibility index (Phi) is 5.94. The van der Waals surface area contributed by atoms with Gasteiger partial charge in [-0.15, -0.1) is 0 Å². The first kappa shape index (κ1) is 19.1. The van der Waals surface area contributed by atoms with Gasteiger partial charge in [0.2, 0.25) is 0 Å². The van der Waals surface area contributed by atoms with E-state index in [-0.39, 0.29) is 18.5 Å². The van der Waals surface area contributed by atoms with Crippen molar-refractivity contribution in [1.82, 2.24) is 14.5 Å². The number of aromatic nitrogens is 2. The molecule has 1 aromatic carbocycles. The Morgan fingerprint density at radius 2 is 1.93 bits per heavy atom. The molecule has 144 valence electrons. The molecular weight excluding hydrogens is 342 g/mol. The molecule has 0 saturated heterocycles. The van der Waals surface area contributed by atoms with Crippen LogP contribution in [-0.2, 0) is 22.5 Å². The Hall–Kier alpha value is -2.63. The van der Waals surface area contributed by atoms with Gasteiger partial charge in [-0.3, -0.25) is 9.59 Å². The maximum Gasteiger partial charge on any atom is 0.325 e. The van der Waals surface area contributed by atoms with E-state index in [1.807, 2.05) is 44.2 Å². The number of ether oxygens (including phenoxy) is 1. The fourth-order valence-electron chi connectivity index (χ4n) is 3.53. The van der Waals surface area contributed by atoms with E-state index in [9.17, 15) is 9.59 Å². The molecule has 6 heteroatoms.